The third-order valence-corrected chi connectivity index (χ3v) is 4.89. The first-order valence-corrected chi connectivity index (χ1v) is 8.62. The molecule has 1 aromatic heterocycles. The largest absolute Gasteiger partial charge is 0.423 e. The number of likely N-dealkylation sites (tertiary alicyclic amines) is 1. The molecule has 1 aliphatic rings. The van der Waals surface area contributed by atoms with Crippen molar-refractivity contribution in [3.8, 4) is 0 Å². The molecule has 124 valence electrons. The minimum absolute atomic E-state index is 0.221. The molecule has 1 atom stereocenters. The van der Waals surface area contributed by atoms with Crippen LogP contribution in [-0.4, -0.2) is 29.2 Å². The van der Waals surface area contributed by atoms with Gasteiger partial charge in [-0.2, -0.15) is 0 Å². The maximum Gasteiger partial charge on any atom is 0.336 e. The second-order valence-corrected chi connectivity index (χ2v) is 6.41. The average molecular weight is 315 g/mol. The molecule has 4 nitrogen and oxygen atoms in total. The van der Waals surface area contributed by atoms with E-state index >= 15 is 0 Å². The molecule has 0 bridgehead atoms. The van der Waals surface area contributed by atoms with Gasteiger partial charge < -0.3 is 9.52 Å². The molecule has 4 heteroatoms. The molecule has 1 saturated heterocycles. The van der Waals surface area contributed by atoms with Gasteiger partial charge in [-0.1, -0.05) is 25.5 Å². The molecular formula is C19H25NO3. The molecule has 3 rings (SSSR count). The third-order valence-electron chi connectivity index (χ3n) is 4.89. The van der Waals surface area contributed by atoms with Crippen molar-refractivity contribution in [2.75, 3.05) is 13.2 Å². The molecule has 0 spiro atoms. The van der Waals surface area contributed by atoms with Crippen LogP contribution in [0.2, 0.25) is 0 Å². The third kappa shape index (κ3) is 3.65. The Bertz CT molecular complexity index is 720. The maximum atomic E-state index is 11.9. The molecule has 1 aliphatic heterocycles. The minimum atomic E-state index is -0.281. The number of hydrogen-bond acceptors (Lipinski definition) is 4. The second-order valence-electron chi connectivity index (χ2n) is 6.41. The smallest absolute Gasteiger partial charge is 0.336 e. The Morgan fingerprint density at radius 1 is 1.30 bits per heavy atom. The van der Waals surface area contributed by atoms with Gasteiger partial charge in [-0.05, 0) is 49.4 Å². The number of nitrogens with zero attached hydrogens (tertiary/aromatic N) is 1. The molecule has 0 saturated carbocycles. The lowest BCUT2D eigenvalue weighted by atomic mass is 9.98. The summed E-state index contributed by atoms with van der Waals surface area (Å²) in [4.78, 5) is 14.3. The molecule has 1 fully saturated rings. The summed E-state index contributed by atoms with van der Waals surface area (Å²) in [5.74, 6) is 0. The first kappa shape index (κ1) is 16.2. The highest BCUT2D eigenvalue weighted by molar-refractivity contribution is 5.80. The van der Waals surface area contributed by atoms with Crippen LogP contribution in [0.3, 0.4) is 0 Å². The summed E-state index contributed by atoms with van der Waals surface area (Å²) in [6.45, 7) is 4.09. The van der Waals surface area contributed by atoms with Crippen LogP contribution in [0.15, 0.2) is 33.5 Å². The van der Waals surface area contributed by atoms with Crippen LogP contribution < -0.4 is 5.63 Å². The van der Waals surface area contributed by atoms with Gasteiger partial charge in [0.25, 0.3) is 0 Å². The van der Waals surface area contributed by atoms with Crippen molar-refractivity contribution in [3.63, 3.8) is 0 Å². The fraction of sp³-hybridized carbons (Fsp3) is 0.526. The second kappa shape index (κ2) is 7.28. The highest BCUT2D eigenvalue weighted by atomic mass is 16.4. The van der Waals surface area contributed by atoms with Gasteiger partial charge in [0, 0.05) is 30.6 Å². The Labute approximate surface area is 136 Å². The summed E-state index contributed by atoms with van der Waals surface area (Å²) in [6, 6.07) is 8.18. The summed E-state index contributed by atoms with van der Waals surface area (Å²) < 4.78 is 5.39. The Morgan fingerprint density at radius 3 is 2.96 bits per heavy atom. The Hall–Kier alpha value is -1.65. The Balaban J connectivity index is 1.93. The number of aliphatic hydroxyl groups excluding tert-OH is 1. The van der Waals surface area contributed by atoms with Crippen molar-refractivity contribution in [2.45, 2.75) is 51.6 Å². The van der Waals surface area contributed by atoms with E-state index in [0.717, 1.165) is 43.3 Å². The standard InChI is InChI=1S/C19H25NO3/c1-2-14-6-7-17-15(12-19(22)23-18(17)11-14)13-20-9-4-3-5-16(20)8-10-21/h6-7,11-12,16,21H,2-5,8-10,13H2,1H3. The monoisotopic (exact) mass is 315 g/mol. The summed E-state index contributed by atoms with van der Waals surface area (Å²) in [6.07, 6.45) is 5.26. The van der Waals surface area contributed by atoms with E-state index in [1.165, 1.54) is 18.4 Å². The summed E-state index contributed by atoms with van der Waals surface area (Å²) in [5.41, 5.74) is 2.61. The predicted molar refractivity (Wildman–Crippen MR) is 91.6 cm³/mol. The van der Waals surface area contributed by atoms with Crippen molar-refractivity contribution in [3.05, 3.63) is 45.8 Å². The highest BCUT2D eigenvalue weighted by Gasteiger charge is 2.22. The topological polar surface area (TPSA) is 53.7 Å². The van der Waals surface area contributed by atoms with Gasteiger partial charge in [0.05, 0.1) is 0 Å². The van der Waals surface area contributed by atoms with Gasteiger partial charge in [-0.3, -0.25) is 4.90 Å². The number of rotatable bonds is 5. The van der Waals surface area contributed by atoms with Crippen LogP contribution in [0.25, 0.3) is 11.0 Å². The number of aryl methyl sites for hydroxylation is 1. The van der Waals surface area contributed by atoms with Crippen LogP contribution >= 0.6 is 0 Å². The molecule has 1 aromatic carbocycles. The van der Waals surface area contributed by atoms with E-state index in [-0.39, 0.29) is 12.2 Å². The molecule has 23 heavy (non-hydrogen) atoms. The lowest BCUT2D eigenvalue weighted by Gasteiger charge is -2.35. The Morgan fingerprint density at radius 2 is 2.17 bits per heavy atom. The van der Waals surface area contributed by atoms with E-state index in [1.807, 2.05) is 6.07 Å². The summed E-state index contributed by atoms with van der Waals surface area (Å²) >= 11 is 0. The molecule has 0 amide bonds. The van der Waals surface area contributed by atoms with E-state index in [9.17, 15) is 9.90 Å². The van der Waals surface area contributed by atoms with Crippen LogP contribution in [0.1, 0.15) is 43.7 Å². The molecular weight excluding hydrogens is 290 g/mol. The fourth-order valence-corrected chi connectivity index (χ4v) is 3.59. The highest BCUT2D eigenvalue weighted by Crippen LogP contribution is 2.25. The minimum Gasteiger partial charge on any atom is -0.423 e. The van der Waals surface area contributed by atoms with Gasteiger partial charge in [0.2, 0.25) is 0 Å². The van der Waals surface area contributed by atoms with Crippen molar-refractivity contribution in [1.29, 1.82) is 0 Å². The zero-order chi connectivity index (χ0) is 16.2. The van der Waals surface area contributed by atoms with Crippen LogP contribution in [0.5, 0.6) is 0 Å². The zero-order valence-electron chi connectivity index (χ0n) is 13.8. The zero-order valence-corrected chi connectivity index (χ0v) is 13.8. The van der Waals surface area contributed by atoms with Gasteiger partial charge in [-0.25, -0.2) is 4.79 Å². The maximum absolute atomic E-state index is 11.9. The predicted octanol–water partition coefficient (Wildman–Crippen LogP) is 3.09. The molecule has 2 heterocycles. The number of aliphatic hydroxyl groups is 1. The van der Waals surface area contributed by atoms with Crippen LogP contribution in [0.4, 0.5) is 0 Å². The molecule has 1 unspecified atom stereocenters. The van der Waals surface area contributed by atoms with Gasteiger partial charge in [0.15, 0.2) is 0 Å². The molecule has 0 aliphatic carbocycles. The van der Waals surface area contributed by atoms with Gasteiger partial charge in [-0.15, -0.1) is 0 Å². The summed E-state index contributed by atoms with van der Waals surface area (Å²) in [5, 5.41) is 10.3. The van der Waals surface area contributed by atoms with Crippen LogP contribution in [0, 0.1) is 0 Å². The SMILES string of the molecule is CCc1ccc2c(CN3CCCCC3CCO)cc(=O)oc2c1. The first-order chi connectivity index (χ1) is 11.2. The molecule has 1 N–H and O–H groups in total. The Kier molecular flexibility index (Phi) is 5.13. The van der Waals surface area contributed by atoms with Gasteiger partial charge >= 0.3 is 5.63 Å². The van der Waals surface area contributed by atoms with Crippen molar-refractivity contribution in [2.24, 2.45) is 0 Å². The molecule has 2 aromatic rings. The van der Waals surface area contributed by atoms with E-state index in [0.29, 0.717) is 11.6 Å². The van der Waals surface area contributed by atoms with Crippen LogP contribution in [-0.2, 0) is 13.0 Å². The average Bonchev–Trinajstić information content (AvgIpc) is 2.56. The fourth-order valence-electron chi connectivity index (χ4n) is 3.59. The van der Waals surface area contributed by atoms with E-state index in [2.05, 4.69) is 24.0 Å². The van der Waals surface area contributed by atoms with E-state index in [1.54, 1.807) is 6.07 Å². The first-order valence-electron chi connectivity index (χ1n) is 8.62. The van der Waals surface area contributed by atoms with Crippen molar-refractivity contribution in [1.82, 2.24) is 4.90 Å². The van der Waals surface area contributed by atoms with Crippen molar-refractivity contribution >= 4 is 11.0 Å². The number of hydrogen-bond donors (Lipinski definition) is 1. The van der Waals surface area contributed by atoms with Crippen molar-refractivity contribution < 1.29 is 9.52 Å². The lowest BCUT2D eigenvalue weighted by Crippen LogP contribution is -2.39. The normalized spacial score (nSPS) is 19.3. The van der Waals surface area contributed by atoms with Gasteiger partial charge in [0.1, 0.15) is 5.58 Å². The lowest BCUT2D eigenvalue weighted by molar-refractivity contribution is 0.113. The summed E-state index contributed by atoms with van der Waals surface area (Å²) in [7, 11) is 0. The number of piperidine rings is 1. The van der Waals surface area contributed by atoms with E-state index < -0.39 is 0 Å². The molecule has 0 radical (unpaired) electrons. The number of fused-ring (bicyclic) bond motifs is 1. The number of benzene rings is 1. The van der Waals surface area contributed by atoms with E-state index in [4.69, 9.17) is 4.42 Å². The quantitative estimate of drug-likeness (QED) is 0.862.